The highest BCUT2D eigenvalue weighted by atomic mass is 19.1. The number of anilines is 1. The molecule has 1 fully saturated rings. The summed E-state index contributed by atoms with van der Waals surface area (Å²) in [5, 5.41) is 6.81. The maximum atomic E-state index is 13.1. The van der Waals surface area contributed by atoms with Gasteiger partial charge in [0.25, 0.3) is 5.56 Å². The molecule has 28 heavy (non-hydrogen) atoms. The van der Waals surface area contributed by atoms with Crippen LogP contribution in [0.4, 0.5) is 14.9 Å². The molecule has 1 heterocycles. The predicted molar refractivity (Wildman–Crippen MR) is 108 cm³/mol. The van der Waals surface area contributed by atoms with Gasteiger partial charge in [-0.3, -0.25) is 4.79 Å². The van der Waals surface area contributed by atoms with E-state index in [0.717, 1.165) is 35.7 Å². The third kappa shape index (κ3) is 3.76. The van der Waals surface area contributed by atoms with Crippen LogP contribution in [0.5, 0.6) is 0 Å². The maximum absolute atomic E-state index is 13.1. The van der Waals surface area contributed by atoms with Gasteiger partial charge in [0, 0.05) is 24.8 Å². The minimum Gasteiger partial charge on any atom is -0.335 e. The molecule has 2 unspecified atom stereocenters. The van der Waals surface area contributed by atoms with E-state index in [1.165, 1.54) is 18.2 Å². The Morgan fingerprint density at radius 1 is 1.07 bits per heavy atom. The minimum atomic E-state index is -0.259. The molecule has 2 atom stereocenters. The Bertz CT molecular complexity index is 1080. The number of aryl methyl sites for hydroxylation is 1. The fourth-order valence-electron chi connectivity index (χ4n) is 3.95. The number of nitrogens with zero attached hydrogens (tertiary/aromatic N) is 1. The smallest absolute Gasteiger partial charge is 0.319 e. The summed E-state index contributed by atoms with van der Waals surface area (Å²) in [6, 6.07) is 15.2. The third-order valence-corrected chi connectivity index (χ3v) is 5.49. The van der Waals surface area contributed by atoms with Crippen molar-refractivity contribution in [2.75, 3.05) is 5.32 Å². The number of carbonyl (C=O) groups excluding carboxylic acids is 1. The van der Waals surface area contributed by atoms with Crippen molar-refractivity contribution in [1.29, 1.82) is 0 Å². The van der Waals surface area contributed by atoms with Crippen molar-refractivity contribution in [3.05, 3.63) is 76.3 Å². The second-order valence-corrected chi connectivity index (χ2v) is 7.36. The number of carbonyl (C=O) groups is 1. The minimum absolute atomic E-state index is 0.0832. The summed E-state index contributed by atoms with van der Waals surface area (Å²) in [6.07, 6.45) is 2.70. The fraction of sp³-hybridized carbons (Fsp3) is 0.273. The summed E-state index contributed by atoms with van der Waals surface area (Å²) in [5.41, 5.74) is 2.43. The Labute approximate surface area is 162 Å². The largest absolute Gasteiger partial charge is 0.335 e. The van der Waals surface area contributed by atoms with E-state index in [2.05, 4.69) is 10.6 Å². The van der Waals surface area contributed by atoms with E-state index < -0.39 is 0 Å². The molecule has 2 amide bonds. The van der Waals surface area contributed by atoms with Crippen molar-refractivity contribution in [3.8, 4) is 0 Å². The van der Waals surface area contributed by atoms with Gasteiger partial charge < -0.3 is 15.2 Å². The first kappa shape index (κ1) is 18.2. The van der Waals surface area contributed by atoms with Gasteiger partial charge >= 0.3 is 6.03 Å². The lowest BCUT2D eigenvalue weighted by Gasteiger charge is -2.15. The van der Waals surface area contributed by atoms with Crippen molar-refractivity contribution < 1.29 is 9.18 Å². The first-order valence-corrected chi connectivity index (χ1v) is 9.42. The fourth-order valence-corrected chi connectivity index (χ4v) is 3.95. The molecule has 0 bridgehead atoms. The number of nitrogens with one attached hydrogen (secondary N) is 2. The Morgan fingerprint density at radius 2 is 1.82 bits per heavy atom. The molecule has 3 aromatic rings. The number of fused-ring (bicyclic) bond motifs is 1. The van der Waals surface area contributed by atoms with Gasteiger partial charge in [0.05, 0.1) is 5.52 Å². The topological polar surface area (TPSA) is 63.1 Å². The van der Waals surface area contributed by atoms with Crippen LogP contribution in [0.3, 0.4) is 0 Å². The molecule has 5 nitrogen and oxygen atoms in total. The monoisotopic (exact) mass is 379 g/mol. The highest BCUT2D eigenvalue weighted by molar-refractivity contribution is 5.92. The third-order valence-electron chi connectivity index (χ3n) is 5.49. The van der Waals surface area contributed by atoms with Gasteiger partial charge in [0.2, 0.25) is 0 Å². The normalized spacial score (nSPS) is 18.9. The number of urea groups is 1. The molecule has 0 aliphatic heterocycles. The van der Waals surface area contributed by atoms with Crippen molar-refractivity contribution in [1.82, 2.24) is 9.88 Å². The van der Waals surface area contributed by atoms with E-state index in [4.69, 9.17) is 0 Å². The average Bonchev–Trinajstić information content (AvgIpc) is 3.14. The van der Waals surface area contributed by atoms with Crippen LogP contribution in [0.2, 0.25) is 0 Å². The summed E-state index contributed by atoms with van der Waals surface area (Å²) in [6.45, 7) is 0. The van der Waals surface area contributed by atoms with E-state index in [1.807, 2.05) is 24.3 Å². The summed E-state index contributed by atoms with van der Waals surface area (Å²) >= 11 is 0. The standard InChI is InChI=1S/C22H22FN3O2/c1-26-20-13-19(9-4-15(20)6-11-21(26)27)25-22(28)24-18-10-5-16(12-18)14-2-7-17(23)8-3-14/h2-4,6-9,11,13,16,18H,5,10,12H2,1H3,(H2,24,25,28). The first-order valence-electron chi connectivity index (χ1n) is 9.42. The van der Waals surface area contributed by atoms with Gasteiger partial charge in [-0.05, 0) is 66.5 Å². The number of halogens is 1. The molecular formula is C22H22FN3O2. The zero-order chi connectivity index (χ0) is 19.7. The number of hydrogen-bond acceptors (Lipinski definition) is 2. The Hall–Kier alpha value is -3.15. The van der Waals surface area contributed by atoms with Gasteiger partial charge in [-0.2, -0.15) is 0 Å². The Balaban J connectivity index is 1.39. The molecule has 1 aliphatic rings. The number of rotatable bonds is 3. The molecule has 2 aromatic carbocycles. The maximum Gasteiger partial charge on any atom is 0.319 e. The SMILES string of the molecule is Cn1c(=O)ccc2ccc(NC(=O)NC3CCC(c4ccc(F)cc4)C3)cc21. The summed E-state index contributed by atoms with van der Waals surface area (Å²) < 4.78 is 14.6. The molecule has 1 aromatic heterocycles. The lowest BCUT2D eigenvalue weighted by atomic mass is 9.97. The van der Waals surface area contributed by atoms with Crippen LogP contribution in [-0.4, -0.2) is 16.6 Å². The van der Waals surface area contributed by atoms with E-state index in [-0.39, 0.29) is 23.4 Å². The molecule has 1 saturated carbocycles. The van der Waals surface area contributed by atoms with Crippen LogP contribution in [0.25, 0.3) is 10.9 Å². The second kappa shape index (κ2) is 7.46. The quantitative estimate of drug-likeness (QED) is 0.719. The molecule has 0 radical (unpaired) electrons. The highest BCUT2D eigenvalue weighted by Crippen LogP contribution is 2.34. The van der Waals surface area contributed by atoms with Crippen molar-refractivity contribution in [2.24, 2.45) is 7.05 Å². The number of amides is 2. The van der Waals surface area contributed by atoms with Gasteiger partial charge in [-0.1, -0.05) is 18.2 Å². The lowest BCUT2D eigenvalue weighted by Crippen LogP contribution is -2.36. The van der Waals surface area contributed by atoms with Crippen LogP contribution in [0.1, 0.15) is 30.7 Å². The predicted octanol–water partition coefficient (Wildman–Crippen LogP) is 4.14. The summed E-state index contributed by atoms with van der Waals surface area (Å²) in [7, 11) is 1.71. The first-order chi connectivity index (χ1) is 13.5. The molecule has 144 valence electrons. The van der Waals surface area contributed by atoms with E-state index in [9.17, 15) is 14.0 Å². The van der Waals surface area contributed by atoms with Crippen molar-refractivity contribution >= 4 is 22.6 Å². The van der Waals surface area contributed by atoms with E-state index in [0.29, 0.717) is 11.6 Å². The van der Waals surface area contributed by atoms with E-state index in [1.54, 1.807) is 23.7 Å². The molecule has 1 aliphatic carbocycles. The second-order valence-electron chi connectivity index (χ2n) is 7.36. The van der Waals surface area contributed by atoms with Gasteiger partial charge in [-0.25, -0.2) is 9.18 Å². The van der Waals surface area contributed by atoms with Gasteiger partial charge in [-0.15, -0.1) is 0 Å². The molecular weight excluding hydrogens is 357 g/mol. The average molecular weight is 379 g/mol. The zero-order valence-corrected chi connectivity index (χ0v) is 15.6. The van der Waals surface area contributed by atoms with Crippen molar-refractivity contribution in [3.63, 3.8) is 0 Å². The molecule has 2 N–H and O–H groups in total. The van der Waals surface area contributed by atoms with Crippen LogP contribution in [0.15, 0.2) is 59.4 Å². The van der Waals surface area contributed by atoms with Crippen LogP contribution >= 0.6 is 0 Å². The van der Waals surface area contributed by atoms with E-state index >= 15 is 0 Å². The Morgan fingerprint density at radius 3 is 2.61 bits per heavy atom. The highest BCUT2D eigenvalue weighted by Gasteiger charge is 2.27. The van der Waals surface area contributed by atoms with Crippen LogP contribution in [0, 0.1) is 5.82 Å². The summed E-state index contributed by atoms with van der Waals surface area (Å²) in [5.74, 6) is 0.102. The zero-order valence-electron chi connectivity index (χ0n) is 15.6. The molecule has 6 heteroatoms. The van der Waals surface area contributed by atoms with Crippen LogP contribution in [-0.2, 0) is 7.05 Å². The molecule has 0 saturated heterocycles. The number of aromatic nitrogens is 1. The number of benzene rings is 2. The lowest BCUT2D eigenvalue weighted by molar-refractivity contribution is 0.248. The van der Waals surface area contributed by atoms with Crippen molar-refractivity contribution in [2.45, 2.75) is 31.2 Å². The molecule has 4 rings (SSSR count). The number of pyridine rings is 1. The van der Waals surface area contributed by atoms with Gasteiger partial charge in [0.1, 0.15) is 5.82 Å². The summed E-state index contributed by atoms with van der Waals surface area (Å²) in [4.78, 5) is 24.2. The van der Waals surface area contributed by atoms with Crippen LogP contribution < -0.4 is 16.2 Å². The number of hydrogen-bond donors (Lipinski definition) is 2. The molecule has 0 spiro atoms. The van der Waals surface area contributed by atoms with Gasteiger partial charge in [0.15, 0.2) is 0 Å². The Kier molecular flexibility index (Phi) is 4.86.